The molecule has 1 heteroatoms. The Morgan fingerprint density at radius 3 is 2.54 bits per heavy atom. The molecule has 0 bridgehead atoms. The molecule has 0 atom stereocenters. The van der Waals surface area contributed by atoms with Crippen molar-refractivity contribution >= 4 is 19.4 Å². The molecule has 0 radical (unpaired) electrons. The monoisotopic (exact) mass is 240 g/mol. The summed E-state index contributed by atoms with van der Waals surface area (Å²) in [5, 5.41) is 0. The van der Waals surface area contributed by atoms with E-state index < -0.39 is 0 Å². The van der Waals surface area contributed by atoms with E-state index >= 15 is 0 Å². The molecule has 1 rings (SSSR count). The summed E-state index contributed by atoms with van der Waals surface area (Å²) in [5.74, 6) is 0. The van der Waals surface area contributed by atoms with E-state index in [4.69, 9.17) is 0 Å². The van der Waals surface area contributed by atoms with Crippen LogP contribution in [-0.2, 0) is 0 Å². The van der Waals surface area contributed by atoms with E-state index in [1.165, 1.54) is 17.3 Å². The summed E-state index contributed by atoms with van der Waals surface area (Å²) < 4.78 is 3.10. The SMILES string of the molecule is C/C=C(\CCC)[Se]c1ccccc1. The third-order valence-corrected chi connectivity index (χ3v) is 4.35. The van der Waals surface area contributed by atoms with Gasteiger partial charge in [0.25, 0.3) is 0 Å². The first kappa shape index (κ1) is 10.6. The van der Waals surface area contributed by atoms with Crippen LogP contribution >= 0.6 is 0 Å². The normalized spacial score (nSPS) is 11.7. The molecule has 70 valence electrons. The van der Waals surface area contributed by atoms with Crippen LogP contribution in [0.5, 0.6) is 0 Å². The summed E-state index contributed by atoms with van der Waals surface area (Å²) in [5.41, 5.74) is 0. The molecule has 0 saturated carbocycles. The first-order valence-electron chi connectivity index (χ1n) is 4.75. The molecule has 0 spiro atoms. The molecule has 0 amide bonds. The zero-order chi connectivity index (χ0) is 9.52. The Hall–Kier alpha value is -0.521. The number of allylic oxidation sites excluding steroid dienone is 2. The van der Waals surface area contributed by atoms with Gasteiger partial charge in [0.2, 0.25) is 0 Å². The maximum atomic E-state index is 2.27. The maximum absolute atomic E-state index is 2.27. The van der Waals surface area contributed by atoms with E-state index in [1.54, 1.807) is 4.47 Å². The third-order valence-electron chi connectivity index (χ3n) is 1.81. The van der Waals surface area contributed by atoms with Gasteiger partial charge in [-0.05, 0) is 0 Å². The van der Waals surface area contributed by atoms with Crippen LogP contribution in [0.2, 0.25) is 0 Å². The summed E-state index contributed by atoms with van der Waals surface area (Å²) in [7, 11) is 0. The molecular formula is C12H16Se. The molecular weight excluding hydrogens is 223 g/mol. The van der Waals surface area contributed by atoms with Crippen molar-refractivity contribution in [3.05, 3.63) is 40.9 Å². The van der Waals surface area contributed by atoms with E-state index in [0.717, 1.165) is 0 Å². The fourth-order valence-electron chi connectivity index (χ4n) is 1.14. The Labute approximate surface area is 87.2 Å². The topological polar surface area (TPSA) is 0 Å². The van der Waals surface area contributed by atoms with Crippen LogP contribution in [-0.4, -0.2) is 15.0 Å². The number of hydrogen-bond donors (Lipinski definition) is 0. The Morgan fingerprint density at radius 1 is 1.31 bits per heavy atom. The van der Waals surface area contributed by atoms with Gasteiger partial charge >= 0.3 is 87.0 Å². The predicted molar refractivity (Wildman–Crippen MR) is 60.5 cm³/mol. The zero-order valence-corrected chi connectivity index (χ0v) is 10.00. The van der Waals surface area contributed by atoms with Crippen molar-refractivity contribution in [2.24, 2.45) is 0 Å². The van der Waals surface area contributed by atoms with Gasteiger partial charge in [-0.1, -0.05) is 0 Å². The number of rotatable bonds is 4. The van der Waals surface area contributed by atoms with Gasteiger partial charge in [0.1, 0.15) is 0 Å². The zero-order valence-electron chi connectivity index (χ0n) is 8.29. The number of hydrogen-bond acceptors (Lipinski definition) is 0. The molecule has 0 N–H and O–H groups in total. The van der Waals surface area contributed by atoms with Gasteiger partial charge in [-0.3, -0.25) is 0 Å². The first-order valence-corrected chi connectivity index (χ1v) is 6.46. The third kappa shape index (κ3) is 3.80. The van der Waals surface area contributed by atoms with Crippen LogP contribution in [0.15, 0.2) is 40.9 Å². The fourth-order valence-corrected chi connectivity index (χ4v) is 3.28. The van der Waals surface area contributed by atoms with Crippen LogP contribution in [0, 0.1) is 0 Å². The van der Waals surface area contributed by atoms with Crippen LogP contribution in [0.3, 0.4) is 0 Å². The minimum atomic E-state index is 0.548. The van der Waals surface area contributed by atoms with E-state index in [-0.39, 0.29) is 0 Å². The molecule has 0 aliphatic heterocycles. The van der Waals surface area contributed by atoms with Crippen LogP contribution in [0.4, 0.5) is 0 Å². The van der Waals surface area contributed by atoms with Crippen molar-refractivity contribution in [3.63, 3.8) is 0 Å². The Morgan fingerprint density at radius 2 is 2.00 bits per heavy atom. The summed E-state index contributed by atoms with van der Waals surface area (Å²) in [6, 6.07) is 10.8. The molecule has 0 aliphatic carbocycles. The standard InChI is InChI=1S/C12H16Se/c1-3-8-11(4-2)13-12-9-6-5-7-10-12/h4-7,9-10H,3,8H2,1-2H3/b11-4+. The summed E-state index contributed by atoms with van der Waals surface area (Å²) in [4.78, 5) is 0. The molecule has 0 aliphatic rings. The first-order chi connectivity index (χ1) is 6.36. The van der Waals surface area contributed by atoms with Gasteiger partial charge in [-0.15, -0.1) is 0 Å². The molecule has 13 heavy (non-hydrogen) atoms. The van der Waals surface area contributed by atoms with E-state index in [1.807, 2.05) is 0 Å². The average Bonchev–Trinajstić information content (AvgIpc) is 2.19. The minimum absolute atomic E-state index is 0.548. The van der Waals surface area contributed by atoms with E-state index in [0.29, 0.717) is 15.0 Å². The van der Waals surface area contributed by atoms with Crippen molar-refractivity contribution in [3.8, 4) is 0 Å². The van der Waals surface area contributed by atoms with Gasteiger partial charge in [0.15, 0.2) is 0 Å². The van der Waals surface area contributed by atoms with Gasteiger partial charge in [0.05, 0.1) is 0 Å². The summed E-state index contributed by atoms with van der Waals surface area (Å²) in [6.45, 7) is 4.39. The van der Waals surface area contributed by atoms with Gasteiger partial charge in [0, 0.05) is 0 Å². The molecule has 0 aromatic heterocycles. The molecule has 0 nitrogen and oxygen atoms in total. The average molecular weight is 239 g/mol. The molecule has 1 aromatic rings. The molecule has 1 aromatic carbocycles. The van der Waals surface area contributed by atoms with Crippen molar-refractivity contribution in [1.82, 2.24) is 0 Å². The van der Waals surface area contributed by atoms with E-state index in [2.05, 4.69) is 50.3 Å². The second-order valence-electron chi connectivity index (χ2n) is 2.92. The predicted octanol–water partition coefficient (Wildman–Crippen LogP) is 2.72. The van der Waals surface area contributed by atoms with Gasteiger partial charge in [-0.2, -0.15) is 0 Å². The second-order valence-corrected chi connectivity index (χ2v) is 5.44. The molecule has 0 heterocycles. The quantitative estimate of drug-likeness (QED) is 0.709. The van der Waals surface area contributed by atoms with Gasteiger partial charge in [-0.25, -0.2) is 0 Å². The Kier molecular flexibility index (Phi) is 4.88. The summed E-state index contributed by atoms with van der Waals surface area (Å²) in [6.07, 6.45) is 4.79. The van der Waals surface area contributed by atoms with Crippen molar-refractivity contribution in [2.45, 2.75) is 26.7 Å². The van der Waals surface area contributed by atoms with Crippen molar-refractivity contribution in [1.29, 1.82) is 0 Å². The second kappa shape index (κ2) is 6.01. The van der Waals surface area contributed by atoms with Crippen molar-refractivity contribution in [2.75, 3.05) is 0 Å². The molecule has 0 fully saturated rings. The fraction of sp³-hybridized carbons (Fsp3) is 0.333. The molecule has 0 saturated heterocycles. The summed E-state index contributed by atoms with van der Waals surface area (Å²) >= 11 is 0.548. The van der Waals surface area contributed by atoms with E-state index in [9.17, 15) is 0 Å². The van der Waals surface area contributed by atoms with Crippen molar-refractivity contribution < 1.29 is 0 Å². The van der Waals surface area contributed by atoms with Crippen LogP contribution < -0.4 is 4.46 Å². The van der Waals surface area contributed by atoms with Gasteiger partial charge < -0.3 is 0 Å². The van der Waals surface area contributed by atoms with Crippen LogP contribution in [0.1, 0.15) is 26.7 Å². The Bertz CT molecular complexity index is 262. The molecule has 0 unspecified atom stereocenters. The Balaban J connectivity index is 2.58. The number of benzene rings is 1. The van der Waals surface area contributed by atoms with Crippen LogP contribution in [0.25, 0.3) is 0 Å².